The second-order valence-electron chi connectivity index (χ2n) is 4.85. The standard InChI is InChI=1S/C10H14ClN3OS/c1-10(2)4-3-5-14(6-10)8(15)7-12-13-9(11)16-7/h3-6H2,1-2H3. The van der Waals surface area contributed by atoms with Gasteiger partial charge in [0.25, 0.3) is 5.91 Å². The van der Waals surface area contributed by atoms with Crippen molar-refractivity contribution in [3.63, 3.8) is 0 Å². The molecule has 2 heterocycles. The Hall–Kier alpha value is -0.680. The van der Waals surface area contributed by atoms with Crippen molar-refractivity contribution < 1.29 is 4.79 Å². The zero-order valence-corrected chi connectivity index (χ0v) is 10.9. The molecule has 0 spiro atoms. The lowest BCUT2D eigenvalue weighted by atomic mass is 9.84. The summed E-state index contributed by atoms with van der Waals surface area (Å²) in [5, 5.41) is 7.83. The summed E-state index contributed by atoms with van der Waals surface area (Å²) in [6, 6.07) is 0. The van der Waals surface area contributed by atoms with E-state index in [2.05, 4.69) is 24.0 Å². The molecule has 0 unspecified atom stereocenters. The second-order valence-corrected chi connectivity index (χ2v) is 6.41. The summed E-state index contributed by atoms with van der Waals surface area (Å²) in [5.41, 5.74) is 0.197. The van der Waals surface area contributed by atoms with Crippen LogP contribution in [0.25, 0.3) is 0 Å². The van der Waals surface area contributed by atoms with Crippen molar-refractivity contribution >= 4 is 28.8 Å². The van der Waals surface area contributed by atoms with Crippen molar-refractivity contribution in [3.8, 4) is 0 Å². The van der Waals surface area contributed by atoms with Crippen LogP contribution < -0.4 is 0 Å². The van der Waals surface area contributed by atoms with Gasteiger partial charge in [0.2, 0.25) is 9.47 Å². The second kappa shape index (κ2) is 4.30. The molecule has 1 fully saturated rings. The van der Waals surface area contributed by atoms with Gasteiger partial charge >= 0.3 is 0 Å². The Labute approximate surface area is 104 Å². The smallest absolute Gasteiger partial charge is 0.284 e. The van der Waals surface area contributed by atoms with E-state index in [1.807, 2.05) is 4.90 Å². The molecule has 6 heteroatoms. The van der Waals surface area contributed by atoms with E-state index in [-0.39, 0.29) is 11.3 Å². The first-order valence-corrected chi connectivity index (χ1v) is 6.46. The highest BCUT2D eigenvalue weighted by molar-refractivity contribution is 7.17. The lowest BCUT2D eigenvalue weighted by Crippen LogP contribution is -2.43. The minimum atomic E-state index is -0.0443. The van der Waals surface area contributed by atoms with E-state index >= 15 is 0 Å². The van der Waals surface area contributed by atoms with Gasteiger partial charge in [0.1, 0.15) is 0 Å². The van der Waals surface area contributed by atoms with Crippen LogP contribution in [-0.2, 0) is 0 Å². The molecule has 0 bridgehead atoms. The zero-order chi connectivity index (χ0) is 11.8. The SMILES string of the molecule is CC1(C)CCCN(C(=O)c2nnc(Cl)s2)C1. The summed E-state index contributed by atoms with van der Waals surface area (Å²) in [7, 11) is 0. The third kappa shape index (κ3) is 2.52. The Kier molecular flexibility index (Phi) is 3.17. The summed E-state index contributed by atoms with van der Waals surface area (Å²) in [6.45, 7) is 5.95. The summed E-state index contributed by atoms with van der Waals surface area (Å²) in [5.74, 6) is -0.0443. The molecule has 0 atom stereocenters. The molecule has 1 aromatic rings. The van der Waals surface area contributed by atoms with Crippen molar-refractivity contribution in [1.82, 2.24) is 15.1 Å². The minimum Gasteiger partial charge on any atom is -0.336 e. The lowest BCUT2D eigenvalue weighted by Gasteiger charge is -2.37. The molecular weight excluding hydrogens is 246 g/mol. The van der Waals surface area contributed by atoms with Crippen molar-refractivity contribution in [3.05, 3.63) is 9.47 Å². The average Bonchev–Trinajstić information content (AvgIpc) is 2.62. The van der Waals surface area contributed by atoms with Gasteiger partial charge in [0, 0.05) is 13.1 Å². The Balaban J connectivity index is 2.10. The lowest BCUT2D eigenvalue weighted by molar-refractivity contribution is 0.0582. The van der Waals surface area contributed by atoms with Crippen LogP contribution in [0.5, 0.6) is 0 Å². The van der Waals surface area contributed by atoms with E-state index in [0.717, 1.165) is 37.3 Å². The van der Waals surface area contributed by atoms with E-state index in [1.54, 1.807) is 0 Å². The molecule has 0 aliphatic carbocycles. The number of halogens is 1. The van der Waals surface area contributed by atoms with Crippen LogP contribution in [0.2, 0.25) is 4.47 Å². The van der Waals surface area contributed by atoms with Gasteiger partial charge < -0.3 is 4.90 Å². The number of amides is 1. The number of carbonyl (C=O) groups is 1. The number of carbonyl (C=O) groups excluding carboxylic acids is 1. The maximum atomic E-state index is 12.1. The summed E-state index contributed by atoms with van der Waals surface area (Å²) in [4.78, 5) is 13.9. The highest BCUT2D eigenvalue weighted by Gasteiger charge is 2.30. The number of rotatable bonds is 1. The highest BCUT2D eigenvalue weighted by atomic mass is 35.5. The van der Waals surface area contributed by atoms with E-state index < -0.39 is 0 Å². The number of aromatic nitrogens is 2. The number of hydrogen-bond acceptors (Lipinski definition) is 4. The van der Waals surface area contributed by atoms with Gasteiger partial charge in [0.05, 0.1) is 0 Å². The largest absolute Gasteiger partial charge is 0.336 e. The van der Waals surface area contributed by atoms with Gasteiger partial charge in [-0.15, -0.1) is 10.2 Å². The number of hydrogen-bond donors (Lipinski definition) is 0. The molecule has 16 heavy (non-hydrogen) atoms. The van der Waals surface area contributed by atoms with Crippen LogP contribution in [0.3, 0.4) is 0 Å². The molecule has 4 nitrogen and oxygen atoms in total. The van der Waals surface area contributed by atoms with Gasteiger partial charge in [-0.1, -0.05) is 25.2 Å². The van der Waals surface area contributed by atoms with Gasteiger partial charge in [0.15, 0.2) is 0 Å². The Morgan fingerprint density at radius 1 is 1.50 bits per heavy atom. The molecule has 1 aliphatic heterocycles. The van der Waals surface area contributed by atoms with Crippen molar-refractivity contribution in [2.45, 2.75) is 26.7 Å². The predicted molar refractivity (Wildman–Crippen MR) is 63.8 cm³/mol. The normalized spacial score (nSPS) is 19.8. The quantitative estimate of drug-likeness (QED) is 0.778. The molecule has 0 radical (unpaired) electrons. The molecule has 1 aliphatic rings. The van der Waals surface area contributed by atoms with Crippen LogP contribution in [0.15, 0.2) is 0 Å². The van der Waals surface area contributed by atoms with Crippen LogP contribution in [0.4, 0.5) is 0 Å². The van der Waals surface area contributed by atoms with Crippen molar-refractivity contribution in [2.75, 3.05) is 13.1 Å². The van der Waals surface area contributed by atoms with Gasteiger partial charge in [-0.25, -0.2) is 0 Å². The molecule has 0 saturated carbocycles. The number of likely N-dealkylation sites (tertiary alicyclic amines) is 1. The predicted octanol–water partition coefficient (Wildman–Crippen LogP) is 2.45. The maximum Gasteiger partial charge on any atom is 0.284 e. The highest BCUT2D eigenvalue weighted by Crippen LogP contribution is 2.29. The van der Waals surface area contributed by atoms with Gasteiger partial charge in [-0.3, -0.25) is 4.79 Å². The van der Waals surface area contributed by atoms with Gasteiger partial charge in [-0.2, -0.15) is 0 Å². The van der Waals surface area contributed by atoms with Crippen LogP contribution in [0, 0.1) is 5.41 Å². The van der Waals surface area contributed by atoms with E-state index in [4.69, 9.17) is 11.6 Å². The van der Waals surface area contributed by atoms with E-state index in [1.165, 1.54) is 0 Å². The molecule has 88 valence electrons. The molecule has 0 aromatic carbocycles. The first kappa shape index (κ1) is 11.8. The minimum absolute atomic E-state index is 0.0443. The topological polar surface area (TPSA) is 46.1 Å². The molecular formula is C10H14ClN3OS. The summed E-state index contributed by atoms with van der Waals surface area (Å²) >= 11 is 6.82. The molecule has 1 aromatic heterocycles. The molecule has 2 rings (SSSR count). The number of piperidine rings is 1. The fourth-order valence-corrected chi connectivity index (χ4v) is 2.82. The Morgan fingerprint density at radius 3 is 2.81 bits per heavy atom. The summed E-state index contributed by atoms with van der Waals surface area (Å²) < 4.78 is 0.319. The fourth-order valence-electron chi connectivity index (χ4n) is 2.02. The van der Waals surface area contributed by atoms with Crippen molar-refractivity contribution in [1.29, 1.82) is 0 Å². The Bertz CT molecular complexity index is 405. The van der Waals surface area contributed by atoms with Crippen LogP contribution in [0.1, 0.15) is 36.5 Å². The molecule has 0 N–H and O–H groups in total. The Morgan fingerprint density at radius 2 is 2.25 bits per heavy atom. The molecule has 1 amide bonds. The third-order valence-corrected chi connectivity index (χ3v) is 3.78. The summed E-state index contributed by atoms with van der Waals surface area (Å²) in [6.07, 6.45) is 2.21. The van der Waals surface area contributed by atoms with Gasteiger partial charge in [-0.05, 0) is 29.9 Å². The average molecular weight is 260 g/mol. The third-order valence-electron chi connectivity index (χ3n) is 2.77. The monoisotopic (exact) mass is 259 g/mol. The van der Waals surface area contributed by atoms with Crippen LogP contribution in [-0.4, -0.2) is 34.1 Å². The molecule has 1 saturated heterocycles. The fraction of sp³-hybridized carbons (Fsp3) is 0.700. The van der Waals surface area contributed by atoms with Crippen LogP contribution >= 0.6 is 22.9 Å². The van der Waals surface area contributed by atoms with Crippen molar-refractivity contribution in [2.24, 2.45) is 5.41 Å². The van der Waals surface area contributed by atoms with E-state index in [0.29, 0.717) is 9.47 Å². The first-order chi connectivity index (χ1) is 7.48. The van der Waals surface area contributed by atoms with E-state index in [9.17, 15) is 4.79 Å². The zero-order valence-electron chi connectivity index (χ0n) is 9.36. The first-order valence-electron chi connectivity index (χ1n) is 5.26. The maximum absolute atomic E-state index is 12.1. The number of nitrogens with zero attached hydrogens (tertiary/aromatic N) is 3.